The number of halogens is 4. The minimum absolute atomic E-state index is 0.0820. The molecule has 2 aromatic rings. The number of amides is 1. The SMILES string of the molecule is CCOC(=O)CCNC(=O)c1c(-c2ccc(Br)cc2)noc1C(F)(F)Cl. The highest BCUT2D eigenvalue weighted by Crippen LogP contribution is 2.38. The van der Waals surface area contributed by atoms with E-state index in [9.17, 15) is 18.4 Å². The second-order valence-corrected chi connectivity index (χ2v) is 6.44. The molecule has 1 heterocycles. The van der Waals surface area contributed by atoms with Crippen LogP contribution in [0, 0.1) is 0 Å². The van der Waals surface area contributed by atoms with Crippen molar-refractivity contribution in [1.82, 2.24) is 10.5 Å². The molecule has 2 rings (SSSR count). The van der Waals surface area contributed by atoms with E-state index in [0.29, 0.717) is 5.56 Å². The zero-order valence-corrected chi connectivity index (χ0v) is 15.9. The highest BCUT2D eigenvalue weighted by molar-refractivity contribution is 9.10. The first-order valence-electron chi connectivity index (χ1n) is 7.50. The zero-order chi connectivity index (χ0) is 19.3. The topological polar surface area (TPSA) is 81.4 Å². The number of hydrogen-bond acceptors (Lipinski definition) is 5. The molecule has 0 aliphatic rings. The average Bonchev–Trinajstić information content (AvgIpc) is 3.01. The molecule has 0 fully saturated rings. The first-order chi connectivity index (χ1) is 12.2. The lowest BCUT2D eigenvalue weighted by Gasteiger charge is -2.09. The van der Waals surface area contributed by atoms with Crippen LogP contribution < -0.4 is 5.32 Å². The minimum atomic E-state index is -3.92. The number of ether oxygens (including phenoxy) is 1. The number of benzene rings is 1. The molecule has 0 atom stereocenters. The van der Waals surface area contributed by atoms with Gasteiger partial charge in [0.1, 0.15) is 11.3 Å². The van der Waals surface area contributed by atoms with Crippen molar-refractivity contribution in [3.05, 3.63) is 40.1 Å². The van der Waals surface area contributed by atoms with Gasteiger partial charge in [0.15, 0.2) is 0 Å². The summed E-state index contributed by atoms with van der Waals surface area (Å²) in [4.78, 5) is 23.7. The van der Waals surface area contributed by atoms with Gasteiger partial charge in [0.2, 0.25) is 5.76 Å². The Hall–Kier alpha value is -2.00. The molecule has 0 bridgehead atoms. The summed E-state index contributed by atoms with van der Waals surface area (Å²) in [5.41, 5.74) is -0.183. The van der Waals surface area contributed by atoms with E-state index in [4.69, 9.17) is 16.3 Å². The first kappa shape index (κ1) is 20.3. The molecule has 0 saturated carbocycles. The molecule has 0 saturated heterocycles. The van der Waals surface area contributed by atoms with Crippen LogP contribution in [-0.2, 0) is 14.9 Å². The fourth-order valence-electron chi connectivity index (χ4n) is 2.10. The van der Waals surface area contributed by atoms with Gasteiger partial charge >= 0.3 is 11.4 Å². The standard InChI is InChI=1S/C16H14BrClF2N2O4/c1-2-25-11(23)7-8-21-15(24)12-13(9-3-5-10(17)6-4-9)22-26-14(12)16(18,19)20/h3-6H,2,7-8H2,1H3,(H,21,24). The maximum Gasteiger partial charge on any atom is 0.383 e. The molecule has 0 aliphatic carbocycles. The van der Waals surface area contributed by atoms with Gasteiger partial charge in [-0.1, -0.05) is 33.2 Å². The van der Waals surface area contributed by atoms with Crippen molar-refractivity contribution >= 4 is 39.4 Å². The van der Waals surface area contributed by atoms with Crippen molar-refractivity contribution < 1.29 is 27.6 Å². The van der Waals surface area contributed by atoms with Gasteiger partial charge in [-0.25, -0.2) is 0 Å². The predicted octanol–water partition coefficient (Wildman–Crippen LogP) is 4.08. The van der Waals surface area contributed by atoms with Gasteiger partial charge in [-0.2, -0.15) is 8.78 Å². The van der Waals surface area contributed by atoms with Gasteiger partial charge < -0.3 is 14.6 Å². The monoisotopic (exact) mass is 450 g/mol. The molecular formula is C16H14BrClF2N2O4. The molecule has 26 heavy (non-hydrogen) atoms. The second kappa shape index (κ2) is 8.59. The van der Waals surface area contributed by atoms with E-state index in [0.717, 1.165) is 4.47 Å². The number of aromatic nitrogens is 1. The molecule has 140 valence electrons. The fraction of sp³-hybridized carbons (Fsp3) is 0.312. The largest absolute Gasteiger partial charge is 0.466 e. The van der Waals surface area contributed by atoms with E-state index in [1.165, 1.54) is 0 Å². The summed E-state index contributed by atoms with van der Waals surface area (Å²) in [6, 6.07) is 6.47. The molecule has 1 amide bonds. The summed E-state index contributed by atoms with van der Waals surface area (Å²) >= 11 is 8.29. The van der Waals surface area contributed by atoms with Crippen LogP contribution in [0.15, 0.2) is 33.3 Å². The Bertz CT molecular complexity index is 791. The average molecular weight is 452 g/mol. The molecule has 10 heteroatoms. The lowest BCUT2D eigenvalue weighted by atomic mass is 10.1. The molecule has 1 aromatic carbocycles. The van der Waals surface area contributed by atoms with Crippen LogP contribution in [0.25, 0.3) is 11.3 Å². The lowest BCUT2D eigenvalue weighted by Crippen LogP contribution is -2.28. The van der Waals surface area contributed by atoms with Crippen LogP contribution in [0.1, 0.15) is 29.5 Å². The van der Waals surface area contributed by atoms with Crippen molar-refractivity contribution in [2.24, 2.45) is 0 Å². The Kier molecular flexibility index (Phi) is 6.71. The molecule has 1 aromatic heterocycles. The first-order valence-corrected chi connectivity index (χ1v) is 8.67. The van der Waals surface area contributed by atoms with Crippen LogP contribution in [0.5, 0.6) is 0 Å². The van der Waals surface area contributed by atoms with E-state index in [1.807, 2.05) is 0 Å². The molecule has 1 N–H and O–H groups in total. The van der Waals surface area contributed by atoms with E-state index >= 15 is 0 Å². The highest BCUT2D eigenvalue weighted by Gasteiger charge is 2.40. The maximum absolute atomic E-state index is 13.6. The Morgan fingerprint density at radius 3 is 2.58 bits per heavy atom. The molecule has 6 nitrogen and oxygen atoms in total. The van der Waals surface area contributed by atoms with E-state index in [-0.39, 0.29) is 25.3 Å². The van der Waals surface area contributed by atoms with Crippen LogP contribution in [0.2, 0.25) is 0 Å². The Balaban J connectivity index is 2.29. The smallest absolute Gasteiger partial charge is 0.383 e. The zero-order valence-electron chi connectivity index (χ0n) is 13.5. The van der Waals surface area contributed by atoms with Crippen LogP contribution in [0.3, 0.4) is 0 Å². The van der Waals surface area contributed by atoms with Gasteiger partial charge in [0.25, 0.3) is 5.91 Å². The van der Waals surface area contributed by atoms with Crippen molar-refractivity contribution in [3.63, 3.8) is 0 Å². The van der Waals surface area contributed by atoms with E-state index in [2.05, 4.69) is 30.9 Å². The normalized spacial score (nSPS) is 11.3. The molecule has 0 spiro atoms. The van der Waals surface area contributed by atoms with Crippen molar-refractivity contribution in [1.29, 1.82) is 0 Å². The van der Waals surface area contributed by atoms with Gasteiger partial charge in [0.05, 0.1) is 13.0 Å². The third kappa shape index (κ3) is 5.01. The van der Waals surface area contributed by atoms with Crippen LogP contribution >= 0.6 is 27.5 Å². The summed E-state index contributed by atoms with van der Waals surface area (Å²) in [6.45, 7) is 1.75. The van der Waals surface area contributed by atoms with Gasteiger partial charge in [-0.05, 0) is 30.7 Å². The summed E-state index contributed by atoms with van der Waals surface area (Å²) < 4.78 is 37.3. The van der Waals surface area contributed by atoms with Crippen LogP contribution in [-0.4, -0.2) is 30.2 Å². The van der Waals surface area contributed by atoms with E-state index in [1.54, 1.807) is 31.2 Å². The lowest BCUT2D eigenvalue weighted by molar-refractivity contribution is -0.142. The van der Waals surface area contributed by atoms with Crippen molar-refractivity contribution in [2.45, 2.75) is 18.7 Å². The second-order valence-electron chi connectivity index (χ2n) is 5.05. The Morgan fingerprint density at radius 2 is 2.00 bits per heavy atom. The number of hydrogen-bond donors (Lipinski definition) is 1. The fourth-order valence-corrected chi connectivity index (χ4v) is 2.49. The van der Waals surface area contributed by atoms with E-state index < -0.39 is 28.6 Å². The van der Waals surface area contributed by atoms with Crippen molar-refractivity contribution in [3.8, 4) is 11.3 Å². The Morgan fingerprint density at radius 1 is 1.35 bits per heavy atom. The van der Waals surface area contributed by atoms with Gasteiger partial charge in [-0.3, -0.25) is 9.59 Å². The summed E-state index contributed by atoms with van der Waals surface area (Å²) in [6.07, 6.45) is -0.106. The molecular weight excluding hydrogens is 438 g/mol. The van der Waals surface area contributed by atoms with Crippen molar-refractivity contribution in [2.75, 3.05) is 13.2 Å². The quantitative estimate of drug-likeness (QED) is 0.507. The molecule has 0 aliphatic heterocycles. The number of nitrogens with zero attached hydrogens (tertiary/aromatic N) is 1. The maximum atomic E-state index is 13.6. The number of carbonyl (C=O) groups is 2. The van der Waals surface area contributed by atoms with Gasteiger partial charge in [-0.15, -0.1) is 0 Å². The number of nitrogens with one attached hydrogen (secondary N) is 1. The summed E-state index contributed by atoms with van der Waals surface area (Å²) in [5.74, 6) is -2.47. The number of esters is 1. The van der Waals surface area contributed by atoms with Gasteiger partial charge in [0, 0.05) is 16.6 Å². The molecule has 0 unspecified atom stereocenters. The third-order valence-electron chi connectivity index (χ3n) is 3.21. The third-order valence-corrected chi connectivity index (χ3v) is 3.91. The Labute approximate surface area is 160 Å². The summed E-state index contributed by atoms with van der Waals surface area (Å²) in [7, 11) is 0. The molecule has 0 radical (unpaired) electrons. The predicted molar refractivity (Wildman–Crippen MR) is 93.0 cm³/mol. The summed E-state index contributed by atoms with van der Waals surface area (Å²) in [5, 5.41) is 2.01. The number of carbonyl (C=O) groups excluding carboxylic acids is 2. The van der Waals surface area contributed by atoms with Crippen LogP contribution in [0.4, 0.5) is 8.78 Å². The highest BCUT2D eigenvalue weighted by atomic mass is 79.9. The minimum Gasteiger partial charge on any atom is -0.466 e. The number of rotatable bonds is 7. The number of alkyl halides is 3.